The smallest absolute Gasteiger partial charge is 0.355 e. The van der Waals surface area contributed by atoms with Crippen LogP contribution in [-0.4, -0.2) is 32.9 Å². The van der Waals surface area contributed by atoms with Gasteiger partial charge in [0, 0.05) is 41.4 Å². The van der Waals surface area contributed by atoms with Crippen molar-refractivity contribution < 1.29 is 14.7 Å². The summed E-state index contributed by atoms with van der Waals surface area (Å²) in [5.41, 5.74) is 2.35. The van der Waals surface area contributed by atoms with Crippen molar-refractivity contribution in [3.05, 3.63) is 52.6 Å². The number of halogens is 1. The lowest BCUT2D eigenvalue weighted by atomic mass is 9.92. The molecular weight excluding hydrogens is 342 g/mol. The maximum absolute atomic E-state index is 11.9. The predicted octanol–water partition coefficient (Wildman–Crippen LogP) is 3.22. The number of allylic oxidation sites excluding steroid dienone is 2. The van der Waals surface area contributed by atoms with E-state index in [4.69, 9.17) is 11.6 Å². The average molecular weight is 358 g/mol. The lowest BCUT2D eigenvalue weighted by Crippen LogP contribution is -2.33. The van der Waals surface area contributed by atoms with Gasteiger partial charge in [-0.05, 0) is 18.6 Å². The molecule has 1 atom stereocenters. The van der Waals surface area contributed by atoms with Gasteiger partial charge in [0.15, 0.2) is 11.5 Å². The second-order valence-corrected chi connectivity index (χ2v) is 6.15. The van der Waals surface area contributed by atoms with Crippen LogP contribution in [0.2, 0.25) is 5.15 Å². The number of carbonyl (C=O) groups excluding carboxylic acids is 1. The Bertz CT molecular complexity index is 950. The van der Waals surface area contributed by atoms with Crippen LogP contribution < -0.4 is 5.32 Å². The first kappa shape index (κ1) is 17.1. The molecule has 1 unspecified atom stereocenters. The van der Waals surface area contributed by atoms with Gasteiger partial charge in [-0.25, -0.2) is 14.8 Å². The van der Waals surface area contributed by atoms with Crippen LogP contribution in [0.4, 0.5) is 0 Å². The molecule has 0 bridgehead atoms. The van der Waals surface area contributed by atoms with Crippen LogP contribution >= 0.6 is 11.6 Å². The Morgan fingerprint density at radius 2 is 2.12 bits per heavy atom. The number of carbonyl (C=O) groups is 2. The number of fused-ring (bicyclic) bond motifs is 1. The molecule has 0 radical (unpaired) electrons. The number of carboxylic acid groups (broad SMARTS) is 1. The molecule has 25 heavy (non-hydrogen) atoms. The number of carboxylic acids is 1. The minimum Gasteiger partial charge on any atom is -0.476 e. The van der Waals surface area contributed by atoms with Crippen molar-refractivity contribution >= 4 is 39.8 Å². The first-order valence-corrected chi connectivity index (χ1v) is 8.16. The van der Waals surface area contributed by atoms with Gasteiger partial charge in [0.25, 0.3) is 0 Å². The molecule has 0 saturated heterocycles. The summed E-state index contributed by atoms with van der Waals surface area (Å²) < 4.78 is 0. The summed E-state index contributed by atoms with van der Waals surface area (Å²) in [5, 5.41) is 13.5. The second kappa shape index (κ2) is 6.64. The van der Waals surface area contributed by atoms with E-state index >= 15 is 0 Å². The quantitative estimate of drug-likeness (QED) is 0.816. The average Bonchev–Trinajstić information content (AvgIpc) is 2.59. The summed E-state index contributed by atoms with van der Waals surface area (Å²) in [6.07, 6.45) is 5.46. The molecule has 0 aliphatic carbocycles. The number of nitrogens with zero attached hydrogens (tertiary/aromatic N) is 2. The van der Waals surface area contributed by atoms with E-state index in [1.54, 1.807) is 31.5 Å². The van der Waals surface area contributed by atoms with Gasteiger partial charge in [-0.2, -0.15) is 0 Å². The molecular formula is C18H16ClN3O3. The van der Waals surface area contributed by atoms with Crippen molar-refractivity contribution in [2.45, 2.75) is 26.3 Å². The first-order chi connectivity index (χ1) is 11.9. The number of Topliss-reactive ketones (excluding diaryl/α,β-unsaturated/α-hetero) is 1. The highest BCUT2D eigenvalue weighted by molar-refractivity contribution is 6.30. The van der Waals surface area contributed by atoms with Crippen molar-refractivity contribution in [2.24, 2.45) is 0 Å². The SMILES string of the molecule is CCC(=O)C1C=C(C)C(c2cc3cnc(Cl)cc3nc2C(=O)O)=CN1. The third-order valence-electron chi connectivity index (χ3n) is 4.10. The van der Waals surface area contributed by atoms with Crippen LogP contribution in [0.15, 0.2) is 36.2 Å². The van der Waals surface area contributed by atoms with E-state index in [1.165, 1.54) is 6.07 Å². The second-order valence-electron chi connectivity index (χ2n) is 5.76. The van der Waals surface area contributed by atoms with E-state index in [1.807, 2.05) is 6.92 Å². The Morgan fingerprint density at radius 1 is 1.36 bits per heavy atom. The standard InChI is InChI=1S/C18H16ClN3O3/c1-3-15(23)14-4-9(2)12(8-20-14)11-5-10-7-21-16(19)6-13(10)22-17(11)18(24)25/h4-8,14,20H,3H2,1-2H3,(H,24,25). The summed E-state index contributed by atoms with van der Waals surface area (Å²) in [7, 11) is 0. The molecule has 7 heteroatoms. The molecule has 6 nitrogen and oxygen atoms in total. The highest BCUT2D eigenvalue weighted by Crippen LogP contribution is 2.30. The Kier molecular flexibility index (Phi) is 4.55. The van der Waals surface area contributed by atoms with Crippen LogP contribution in [0, 0.1) is 0 Å². The normalized spacial score (nSPS) is 16.8. The van der Waals surface area contributed by atoms with Crippen LogP contribution in [-0.2, 0) is 4.79 Å². The Labute approximate surface area is 149 Å². The number of nitrogens with one attached hydrogen (secondary N) is 1. The predicted molar refractivity (Wildman–Crippen MR) is 95.5 cm³/mol. The topological polar surface area (TPSA) is 92.2 Å². The lowest BCUT2D eigenvalue weighted by Gasteiger charge is -2.22. The van der Waals surface area contributed by atoms with Crippen molar-refractivity contribution in [3.8, 4) is 0 Å². The lowest BCUT2D eigenvalue weighted by molar-refractivity contribution is -0.119. The van der Waals surface area contributed by atoms with Crippen molar-refractivity contribution in [3.63, 3.8) is 0 Å². The maximum Gasteiger partial charge on any atom is 0.355 e. The summed E-state index contributed by atoms with van der Waals surface area (Å²) in [6.45, 7) is 3.65. The fourth-order valence-electron chi connectivity index (χ4n) is 2.78. The molecule has 3 rings (SSSR count). The fourth-order valence-corrected chi connectivity index (χ4v) is 2.93. The zero-order valence-electron chi connectivity index (χ0n) is 13.7. The van der Waals surface area contributed by atoms with Crippen LogP contribution in [0.25, 0.3) is 16.5 Å². The van der Waals surface area contributed by atoms with E-state index in [9.17, 15) is 14.7 Å². The summed E-state index contributed by atoms with van der Waals surface area (Å²) in [6, 6.07) is 2.86. The molecule has 1 aliphatic rings. The van der Waals surface area contributed by atoms with E-state index in [0.717, 1.165) is 5.57 Å². The number of pyridine rings is 2. The Balaban J connectivity index is 2.12. The van der Waals surface area contributed by atoms with Gasteiger partial charge >= 0.3 is 5.97 Å². The minimum atomic E-state index is -1.13. The maximum atomic E-state index is 11.9. The molecule has 0 amide bonds. The molecule has 128 valence electrons. The molecule has 2 aromatic heterocycles. The van der Waals surface area contributed by atoms with Gasteiger partial charge in [0.1, 0.15) is 11.2 Å². The Hall–Kier alpha value is -2.73. The fraction of sp³-hybridized carbons (Fsp3) is 0.222. The van der Waals surface area contributed by atoms with Gasteiger partial charge < -0.3 is 10.4 Å². The zero-order chi connectivity index (χ0) is 18.1. The van der Waals surface area contributed by atoms with Crippen LogP contribution in [0.3, 0.4) is 0 Å². The van der Waals surface area contributed by atoms with Gasteiger partial charge in [0.05, 0.1) is 5.52 Å². The van der Waals surface area contributed by atoms with E-state index < -0.39 is 12.0 Å². The number of aromatic nitrogens is 2. The van der Waals surface area contributed by atoms with Crippen molar-refractivity contribution in [1.82, 2.24) is 15.3 Å². The third-order valence-corrected chi connectivity index (χ3v) is 4.31. The number of ketones is 1. The van der Waals surface area contributed by atoms with Gasteiger partial charge in [-0.1, -0.05) is 24.6 Å². The number of aromatic carboxylic acids is 1. The van der Waals surface area contributed by atoms with E-state index in [-0.39, 0.29) is 16.6 Å². The number of hydrogen-bond acceptors (Lipinski definition) is 5. The highest BCUT2D eigenvalue weighted by Gasteiger charge is 2.23. The molecule has 3 heterocycles. The third kappa shape index (κ3) is 3.25. The molecule has 0 aromatic carbocycles. The number of hydrogen-bond donors (Lipinski definition) is 2. The van der Waals surface area contributed by atoms with Gasteiger partial charge in [0.2, 0.25) is 0 Å². The number of dihydropyridines is 1. The van der Waals surface area contributed by atoms with Crippen LogP contribution in [0.5, 0.6) is 0 Å². The molecule has 2 N–H and O–H groups in total. The van der Waals surface area contributed by atoms with E-state index in [0.29, 0.717) is 28.5 Å². The molecule has 0 saturated carbocycles. The van der Waals surface area contributed by atoms with Gasteiger partial charge in [-0.3, -0.25) is 4.79 Å². The van der Waals surface area contributed by atoms with Crippen molar-refractivity contribution in [1.29, 1.82) is 0 Å². The van der Waals surface area contributed by atoms with E-state index in [2.05, 4.69) is 15.3 Å². The Morgan fingerprint density at radius 3 is 2.76 bits per heavy atom. The summed E-state index contributed by atoms with van der Waals surface area (Å²) >= 11 is 5.86. The molecule has 2 aromatic rings. The van der Waals surface area contributed by atoms with Crippen LogP contribution in [0.1, 0.15) is 36.3 Å². The minimum absolute atomic E-state index is 0.0728. The first-order valence-electron chi connectivity index (χ1n) is 7.78. The van der Waals surface area contributed by atoms with Gasteiger partial charge in [-0.15, -0.1) is 0 Å². The summed E-state index contributed by atoms with van der Waals surface area (Å²) in [4.78, 5) is 31.8. The van der Waals surface area contributed by atoms with Crippen molar-refractivity contribution in [2.75, 3.05) is 0 Å². The zero-order valence-corrected chi connectivity index (χ0v) is 14.5. The monoisotopic (exact) mass is 357 g/mol. The largest absolute Gasteiger partial charge is 0.476 e. The molecule has 1 aliphatic heterocycles. The molecule has 0 spiro atoms. The number of rotatable bonds is 4. The highest BCUT2D eigenvalue weighted by atomic mass is 35.5. The summed E-state index contributed by atoms with van der Waals surface area (Å²) in [5.74, 6) is -1.06. The molecule has 0 fully saturated rings.